The van der Waals surface area contributed by atoms with Gasteiger partial charge in [0.05, 0.1) is 0 Å². The molecule has 0 bridgehead atoms. The molecule has 2 aliphatic rings. The molecule has 2 saturated carbocycles. The van der Waals surface area contributed by atoms with Crippen LogP contribution in [0.25, 0.3) is 0 Å². The maximum absolute atomic E-state index is 3.60. The Bertz CT molecular complexity index is 283. The Kier molecular flexibility index (Phi) is 19.4. The molecule has 0 saturated heterocycles. The molecule has 0 radical (unpaired) electrons. The first-order valence-electron chi connectivity index (χ1n) is 12.3. The molecule has 2 nitrogen and oxygen atoms in total. The van der Waals surface area contributed by atoms with Crippen LogP contribution in [-0.2, 0) is 0 Å². The molecule has 1 spiro atoms. The van der Waals surface area contributed by atoms with E-state index in [-0.39, 0.29) is 0 Å². The molecule has 0 aromatic heterocycles. The summed E-state index contributed by atoms with van der Waals surface area (Å²) in [5.74, 6) is 0.966. The number of nitrogens with one attached hydrogen (secondary N) is 1. The summed E-state index contributed by atoms with van der Waals surface area (Å²) in [5.41, 5.74) is 0.758. The van der Waals surface area contributed by atoms with Gasteiger partial charge in [-0.1, -0.05) is 81.6 Å². The molecule has 27 heavy (non-hydrogen) atoms. The highest BCUT2D eigenvalue weighted by atomic mass is 15.1. The van der Waals surface area contributed by atoms with Crippen molar-refractivity contribution in [3.63, 3.8) is 0 Å². The van der Waals surface area contributed by atoms with Gasteiger partial charge in [-0.25, -0.2) is 0 Å². The van der Waals surface area contributed by atoms with E-state index in [1.807, 2.05) is 13.8 Å². The molecule has 0 heterocycles. The predicted octanol–water partition coefficient (Wildman–Crippen LogP) is 7.52. The zero-order valence-corrected chi connectivity index (χ0v) is 21.0. The molecule has 0 unspecified atom stereocenters. The topological polar surface area (TPSA) is 15.3 Å². The summed E-state index contributed by atoms with van der Waals surface area (Å²) in [6.45, 7) is 21.8. The first-order valence-corrected chi connectivity index (χ1v) is 12.3. The Labute approximate surface area is 174 Å². The lowest BCUT2D eigenvalue weighted by molar-refractivity contribution is -0.00807. The van der Waals surface area contributed by atoms with Crippen molar-refractivity contribution in [3.8, 4) is 0 Å². The number of hydrogen-bond donors (Lipinski definition) is 1. The van der Waals surface area contributed by atoms with Gasteiger partial charge in [-0.3, -0.25) is 0 Å². The van der Waals surface area contributed by atoms with Crippen LogP contribution in [0.4, 0.5) is 0 Å². The van der Waals surface area contributed by atoms with Gasteiger partial charge in [0.25, 0.3) is 0 Å². The summed E-state index contributed by atoms with van der Waals surface area (Å²) in [6, 6.07) is 1.52. The van der Waals surface area contributed by atoms with Crippen LogP contribution in [0.5, 0.6) is 0 Å². The van der Waals surface area contributed by atoms with Crippen LogP contribution < -0.4 is 5.32 Å². The molecular weight excluding hydrogens is 328 g/mol. The molecule has 0 aliphatic heterocycles. The minimum atomic E-state index is 0.649. The molecule has 0 aromatic rings. The van der Waals surface area contributed by atoms with E-state index in [2.05, 4.69) is 65.7 Å². The molecule has 2 aliphatic carbocycles. The van der Waals surface area contributed by atoms with E-state index in [1.54, 1.807) is 0 Å². The SMILES string of the molecule is CC.CCC.CCCC.CCN(C)C1CCC2(CC1)CC(CNC(C)C)C2. The molecule has 0 atom stereocenters. The summed E-state index contributed by atoms with van der Waals surface area (Å²) in [6.07, 6.45) is 12.7. The second kappa shape index (κ2) is 18.0. The first kappa shape index (κ1) is 29.1. The van der Waals surface area contributed by atoms with Gasteiger partial charge in [0.1, 0.15) is 0 Å². The van der Waals surface area contributed by atoms with Crippen LogP contribution in [0.3, 0.4) is 0 Å². The van der Waals surface area contributed by atoms with Gasteiger partial charge in [0.2, 0.25) is 0 Å². The highest BCUT2D eigenvalue weighted by Gasteiger charge is 2.45. The van der Waals surface area contributed by atoms with Crippen molar-refractivity contribution in [1.29, 1.82) is 0 Å². The zero-order valence-electron chi connectivity index (χ0n) is 21.0. The molecule has 2 fully saturated rings. The third kappa shape index (κ3) is 12.9. The number of nitrogens with zero attached hydrogens (tertiary/aromatic N) is 1. The van der Waals surface area contributed by atoms with Crippen molar-refractivity contribution in [2.24, 2.45) is 11.3 Å². The van der Waals surface area contributed by atoms with Gasteiger partial charge in [0.15, 0.2) is 0 Å². The van der Waals surface area contributed by atoms with Gasteiger partial charge >= 0.3 is 0 Å². The number of rotatable bonds is 6. The van der Waals surface area contributed by atoms with Gasteiger partial charge < -0.3 is 10.2 Å². The van der Waals surface area contributed by atoms with E-state index in [9.17, 15) is 0 Å². The number of hydrogen-bond acceptors (Lipinski definition) is 2. The summed E-state index contributed by atoms with van der Waals surface area (Å²) < 4.78 is 0. The fourth-order valence-corrected chi connectivity index (χ4v) is 4.03. The number of unbranched alkanes of at least 4 members (excludes halogenated alkanes) is 1. The van der Waals surface area contributed by atoms with E-state index in [4.69, 9.17) is 0 Å². The second-order valence-corrected chi connectivity index (χ2v) is 8.85. The average Bonchev–Trinajstić information content (AvgIpc) is 2.66. The van der Waals surface area contributed by atoms with Crippen LogP contribution in [0.1, 0.15) is 120 Å². The Morgan fingerprint density at radius 3 is 1.70 bits per heavy atom. The minimum Gasteiger partial charge on any atom is -0.314 e. The lowest BCUT2D eigenvalue weighted by atomic mass is 9.55. The molecule has 1 N–H and O–H groups in total. The third-order valence-electron chi connectivity index (χ3n) is 5.90. The standard InChI is InChI=1S/C16H32N2.C4H10.C3H8.C2H6/c1-5-18(4)15-6-8-16(9-7-15)10-14(11-16)12-17-13(2)3;1-3-4-2;1-3-2;1-2/h13-15,17H,5-12H2,1-4H3;3-4H2,1-2H3;3H2,1-2H3;1-2H3. The average molecular weight is 385 g/mol. The highest BCUT2D eigenvalue weighted by Crippen LogP contribution is 2.54. The molecule has 2 heteroatoms. The van der Waals surface area contributed by atoms with Crippen LogP contribution in [-0.4, -0.2) is 37.1 Å². The van der Waals surface area contributed by atoms with Gasteiger partial charge in [0, 0.05) is 12.1 Å². The Morgan fingerprint density at radius 1 is 0.926 bits per heavy atom. The highest BCUT2D eigenvalue weighted by molar-refractivity contribution is 4.98. The first-order chi connectivity index (χ1) is 12.9. The maximum Gasteiger partial charge on any atom is 0.00925 e. The van der Waals surface area contributed by atoms with E-state index in [1.165, 1.54) is 70.9 Å². The fraction of sp³-hybridized carbons (Fsp3) is 1.00. The molecule has 0 aromatic carbocycles. The van der Waals surface area contributed by atoms with Crippen molar-refractivity contribution in [3.05, 3.63) is 0 Å². The molecular formula is C25H56N2. The molecule has 2 rings (SSSR count). The van der Waals surface area contributed by atoms with Gasteiger partial charge in [-0.15, -0.1) is 0 Å². The summed E-state index contributed by atoms with van der Waals surface area (Å²) >= 11 is 0. The normalized spacial score (nSPS) is 26.2. The summed E-state index contributed by atoms with van der Waals surface area (Å²) in [7, 11) is 2.29. The molecule has 166 valence electrons. The molecule has 0 amide bonds. The predicted molar refractivity (Wildman–Crippen MR) is 127 cm³/mol. The lowest BCUT2D eigenvalue weighted by Crippen LogP contribution is -2.47. The quantitative estimate of drug-likeness (QED) is 0.509. The van der Waals surface area contributed by atoms with Gasteiger partial charge in [-0.05, 0) is 70.0 Å². The Balaban J connectivity index is 0. The van der Waals surface area contributed by atoms with Crippen molar-refractivity contribution in [2.45, 2.75) is 132 Å². The monoisotopic (exact) mass is 384 g/mol. The van der Waals surface area contributed by atoms with Crippen molar-refractivity contribution in [2.75, 3.05) is 20.1 Å². The second-order valence-electron chi connectivity index (χ2n) is 8.85. The minimum absolute atomic E-state index is 0.649. The van der Waals surface area contributed by atoms with Crippen LogP contribution in [0, 0.1) is 11.3 Å². The van der Waals surface area contributed by atoms with E-state index < -0.39 is 0 Å². The maximum atomic E-state index is 3.60. The zero-order chi connectivity index (χ0) is 21.3. The van der Waals surface area contributed by atoms with E-state index in [0.29, 0.717) is 6.04 Å². The fourth-order valence-electron chi connectivity index (χ4n) is 4.03. The van der Waals surface area contributed by atoms with Crippen molar-refractivity contribution in [1.82, 2.24) is 10.2 Å². The van der Waals surface area contributed by atoms with Gasteiger partial charge in [-0.2, -0.15) is 0 Å². The van der Waals surface area contributed by atoms with Crippen LogP contribution >= 0.6 is 0 Å². The largest absolute Gasteiger partial charge is 0.314 e. The van der Waals surface area contributed by atoms with E-state index >= 15 is 0 Å². The summed E-state index contributed by atoms with van der Waals surface area (Å²) in [5, 5.41) is 3.60. The van der Waals surface area contributed by atoms with Crippen molar-refractivity contribution >= 4 is 0 Å². The Morgan fingerprint density at radius 2 is 1.37 bits per heavy atom. The van der Waals surface area contributed by atoms with Crippen LogP contribution in [0.2, 0.25) is 0 Å². The Hall–Kier alpha value is -0.0800. The third-order valence-corrected chi connectivity index (χ3v) is 5.90. The van der Waals surface area contributed by atoms with Crippen LogP contribution in [0.15, 0.2) is 0 Å². The van der Waals surface area contributed by atoms with E-state index in [0.717, 1.165) is 17.4 Å². The lowest BCUT2D eigenvalue weighted by Gasteiger charge is -2.53. The smallest absolute Gasteiger partial charge is 0.00925 e. The summed E-state index contributed by atoms with van der Waals surface area (Å²) in [4.78, 5) is 2.54. The van der Waals surface area contributed by atoms with Crippen molar-refractivity contribution < 1.29 is 0 Å².